The molecule has 4 unspecified atom stereocenters. The molecule has 0 bridgehead atoms. The molecule has 1 rings (SSSR count). The highest BCUT2D eigenvalue weighted by atomic mass is 16.3. The third-order valence-electron chi connectivity index (χ3n) is 4.42. The highest BCUT2D eigenvalue weighted by Gasteiger charge is 2.36. The van der Waals surface area contributed by atoms with Gasteiger partial charge in [0.2, 0.25) is 5.91 Å². The van der Waals surface area contributed by atoms with E-state index >= 15 is 0 Å². The van der Waals surface area contributed by atoms with Crippen LogP contribution in [0.25, 0.3) is 0 Å². The summed E-state index contributed by atoms with van der Waals surface area (Å²) < 4.78 is 0. The van der Waals surface area contributed by atoms with Crippen molar-refractivity contribution in [3.05, 3.63) is 0 Å². The minimum atomic E-state index is -0.275. The highest BCUT2D eigenvalue weighted by Crippen LogP contribution is 2.32. The van der Waals surface area contributed by atoms with Crippen LogP contribution in [0, 0.1) is 5.92 Å². The fourth-order valence-electron chi connectivity index (χ4n) is 3.38. The number of aliphatic hydroxyl groups is 1. The Kier molecular flexibility index (Phi) is 6.96. The van der Waals surface area contributed by atoms with E-state index in [1.165, 1.54) is 6.42 Å². The Morgan fingerprint density at radius 2 is 2.15 bits per heavy atom. The van der Waals surface area contributed by atoms with Crippen LogP contribution >= 0.6 is 0 Å². The van der Waals surface area contributed by atoms with E-state index in [1.807, 2.05) is 13.8 Å². The second-order valence-corrected chi connectivity index (χ2v) is 6.70. The Balaban J connectivity index is 2.53. The summed E-state index contributed by atoms with van der Waals surface area (Å²) in [7, 11) is 0. The molecule has 118 valence electrons. The minimum Gasteiger partial charge on any atom is -0.394 e. The van der Waals surface area contributed by atoms with Crippen LogP contribution in [-0.4, -0.2) is 35.2 Å². The van der Waals surface area contributed by atoms with Crippen LogP contribution in [-0.2, 0) is 4.79 Å². The van der Waals surface area contributed by atoms with E-state index in [0.717, 1.165) is 32.1 Å². The first-order valence-electron chi connectivity index (χ1n) is 8.11. The number of carbonyl (C=O) groups excluding carboxylic acids is 1. The summed E-state index contributed by atoms with van der Waals surface area (Å²) in [5.74, 6) is 0.648. The van der Waals surface area contributed by atoms with Crippen LogP contribution in [0.1, 0.15) is 66.2 Å². The quantitative estimate of drug-likeness (QED) is 0.672. The van der Waals surface area contributed by atoms with E-state index in [4.69, 9.17) is 0 Å². The van der Waals surface area contributed by atoms with Gasteiger partial charge in [-0.05, 0) is 39.0 Å². The molecule has 0 saturated heterocycles. The average Bonchev–Trinajstić information content (AvgIpc) is 2.38. The largest absolute Gasteiger partial charge is 0.394 e. The molecule has 4 atom stereocenters. The van der Waals surface area contributed by atoms with E-state index in [1.54, 1.807) is 0 Å². The van der Waals surface area contributed by atoms with Crippen molar-refractivity contribution >= 4 is 5.91 Å². The van der Waals surface area contributed by atoms with Crippen molar-refractivity contribution in [1.29, 1.82) is 0 Å². The van der Waals surface area contributed by atoms with Crippen molar-refractivity contribution in [2.75, 3.05) is 6.61 Å². The van der Waals surface area contributed by atoms with Crippen LogP contribution in [0.15, 0.2) is 0 Å². The first kappa shape index (κ1) is 17.4. The molecule has 0 heterocycles. The Labute approximate surface area is 123 Å². The SMILES string of the molecule is CCCC(C)NC(=O)C(C)NC1(CO)CCCC(C)C1. The summed E-state index contributed by atoms with van der Waals surface area (Å²) in [5.41, 5.74) is -0.275. The zero-order chi connectivity index (χ0) is 15.2. The first-order valence-corrected chi connectivity index (χ1v) is 8.11. The number of nitrogens with one attached hydrogen (secondary N) is 2. The molecule has 1 fully saturated rings. The molecule has 1 aliphatic rings. The number of hydrogen-bond donors (Lipinski definition) is 3. The predicted molar refractivity (Wildman–Crippen MR) is 82.6 cm³/mol. The van der Waals surface area contributed by atoms with Gasteiger partial charge in [0.15, 0.2) is 0 Å². The Bertz CT molecular complexity index is 309. The van der Waals surface area contributed by atoms with Crippen molar-refractivity contribution in [3.63, 3.8) is 0 Å². The molecule has 4 nitrogen and oxygen atoms in total. The zero-order valence-electron chi connectivity index (χ0n) is 13.5. The lowest BCUT2D eigenvalue weighted by molar-refractivity contribution is -0.124. The van der Waals surface area contributed by atoms with Crippen LogP contribution in [0.2, 0.25) is 0 Å². The number of rotatable bonds is 7. The lowest BCUT2D eigenvalue weighted by atomic mass is 9.76. The molecule has 4 heteroatoms. The summed E-state index contributed by atoms with van der Waals surface area (Å²) in [5, 5.41) is 16.2. The molecule has 1 saturated carbocycles. The molecule has 20 heavy (non-hydrogen) atoms. The van der Waals surface area contributed by atoms with E-state index < -0.39 is 0 Å². The first-order chi connectivity index (χ1) is 9.42. The summed E-state index contributed by atoms with van der Waals surface area (Å²) in [6, 6.07) is -0.0427. The maximum atomic E-state index is 12.2. The molecule has 1 amide bonds. The normalized spacial score (nSPS) is 29.8. The molecule has 3 N–H and O–H groups in total. The topological polar surface area (TPSA) is 61.4 Å². The predicted octanol–water partition coefficient (Wildman–Crippen LogP) is 2.21. The molecular weight excluding hydrogens is 252 g/mol. The maximum Gasteiger partial charge on any atom is 0.237 e. The smallest absolute Gasteiger partial charge is 0.237 e. The lowest BCUT2D eigenvalue weighted by Crippen LogP contribution is -2.58. The van der Waals surface area contributed by atoms with Crippen molar-refractivity contribution < 1.29 is 9.90 Å². The van der Waals surface area contributed by atoms with Crippen molar-refractivity contribution in [2.24, 2.45) is 5.92 Å². The number of aliphatic hydroxyl groups excluding tert-OH is 1. The summed E-state index contributed by atoms with van der Waals surface area (Å²) in [6.07, 6.45) is 6.32. The maximum absolute atomic E-state index is 12.2. The molecule has 0 aromatic rings. The molecule has 0 aromatic heterocycles. The van der Waals surface area contributed by atoms with Gasteiger partial charge in [0.25, 0.3) is 0 Å². The Hall–Kier alpha value is -0.610. The van der Waals surface area contributed by atoms with Gasteiger partial charge in [-0.1, -0.05) is 33.1 Å². The third kappa shape index (κ3) is 5.06. The monoisotopic (exact) mass is 284 g/mol. The van der Waals surface area contributed by atoms with Crippen LogP contribution < -0.4 is 10.6 Å². The minimum absolute atomic E-state index is 0.0389. The van der Waals surface area contributed by atoms with Gasteiger partial charge in [-0.3, -0.25) is 10.1 Å². The summed E-state index contributed by atoms with van der Waals surface area (Å²) in [6.45, 7) is 8.39. The Morgan fingerprint density at radius 1 is 1.45 bits per heavy atom. The second-order valence-electron chi connectivity index (χ2n) is 6.70. The number of carbonyl (C=O) groups is 1. The zero-order valence-corrected chi connectivity index (χ0v) is 13.5. The van der Waals surface area contributed by atoms with Gasteiger partial charge in [-0.15, -0.1) is 0 Å². The summed E-state index contributed by atoms with van der Waals surface area (Å²) >= 11 is 0. The van der Waals surface area contributed by atoms with E-state index in [-0.39, 0.29) is 30.1 Å². The average molecular weight is 284 g/mol. The molecule has 0 radical (unpaired) electrons. The Morgan fingerprint density at radius 3 is 2.70 bits per heavy atom. The van der Waals surface area contributed by atoms with Gasteiger partial charge >= 0.3 is 0 Å². The molecule has 0 aromatic carbocycles. The van der Waals surface area contributed by atoms with Gasteiger partial charge < -0.3 is 10.4 Å². The second kappa shape index (κ2) is 7.99. The van der Waals surface area contributed by atoms with Crippen LogP contribution in [0.4, 0.5) is 0 Å². The summed E-state index contributed by atoms with van der Waals surface area (Å²) in [4.78, 5) is 12.2. The van der Waals surface area contributed by atoms with Crippen LogP contribution in [0.5, 0.6) is 0 Å². The van der Waals surface area contributed by atoms with Gasteiger partial charge in [-0.25, -0.2) is 0 Å². The van der Waals surface area contributed by atoms with Gasteiger partial charge in [-0.2, -0.15) is 0 Å². The highest BCUT2D eigenvalue weighted by molar-refractivity contribution is 5.81. The fourth-order valence-corrected chi connectivity index (χ4v) is 3.38. The lowest BCUT2D eigenvalue weighted by Gasteiger charge is -2.41. The van der Waals surface area contributed by atoms with Gasteiger partial charge in [0.05, 0.1) is 12.6 Å². The van der Waals surface area contributed by atoms with E-state index in [9.17, 15) is 9.90 Å². The molecule has 1 aliphatic carbocycles. The van der Waals surface area contributed by atoms with Crippen molar-refractivity contribution in [1.82, 2.24) is 10.6 Å². The molecule has 0 aliphatic heterocycles. The van der Waals surface area contributed by atoms with E-state index in [0.29, 0.717) is 5.92 Å². The van der Waals surface area contributed by atoms with Crippen molar-refractivity contribution in [3.8, 4) is 0 Å². The fraction of sp³-hybridized carbons (Fsp3) is 0.938. The standard InChI is InChI=1S/C16H32N2O2/c1-5-7-13(3)17-15(20)14(4)18-16(11-19)9-6-8-12(2)10-16/h12-14,18-19H,5-11H2,1-4H3,(H,17,20). The third-order valence-corrected chi connectivity index (χ3v) is 4.42. The molecule has 0 spiro atoms. The van der Waals surface area contributed by atoms with E-state index in [2.05, 4.69) is 24.5 Å². The van der Waals surface area contributed by atoms with Crippen molar-refractivity contribution in [2.45, 2.75) is 83.8 Å². The molecular formula is C16H32N2O2. The number of hydrogen-bond acceptors (Lipinski definition) is 3. The number of amides is 1. The van der Waals surface area contributed by atoms with Gasteiger partial charge in [0, 0.05) is 11.6 Å². The van der Waals surface area contributed by atoms with Gasteiger partial charge in [0.1, 0.15) is 0 Å². The van der Waals surface area contributed by atoms with Crippen LogP contribution in [0.3, 0.4) is 0 Å².